The fourth-order valence-electron chi connectivity index (χ4n) is 5.62. The van der Waals surface area contributed by atoms with E-state index < -0.39 is 9.89 Å². The average molecular weight is 542 g/mol. The number of fused-ring (bicyclic) bond motifs is 4. The Morgan fingerprint density at radius 2 is 2.03 bits per heavy atom. The van der Waals surface area contributed by atoms with Crippen molar-refractivity contribution in [3.63, 3.8) is 0 Å². The number of nitrogens with one attached hydrogen (secondary N) is 1. The van der Waals surface area contributed by atoms with Gasteiger partial charge < -0.3 is 19.4 Å². The van der Waals surface area contributed by atoms with Gasteiger partial charge in [-0.05, 0) is 54.5 Å². The van der Waals surface area contributed by atoms with Crippen LogP contribution >= 0.6 is 46.4 Å². The smallest absolute Gasteiger partial charge is 0.409 e. The van der Waals surface area contributed by atoms with Gasteiger partial charge in [-0.3, -0.25) is 0 Å². The molecular formula is C25H24Cl4N2O3. The van der Waals surface area contributed by atoms with E-state index in [-0.39, 0.29) is 17.9 Å². The molecule has 34 heavy (non-hydrogen) atoms. The zero-order chi connectivity index (χ0) is 24.1. The Labute approximate surface area is 218 Å². The van der Waals surface area contributed by atoms with Crippen molar-refractivity contribution in [2.24, 2.45) is 5.92 Å². The molecule has 0 bridgehead atoms. The molecular weight excluding hydrogens is 518 g/mol. The van der Waals surface area contributed by atoms with E-state index in [9.17, 15) is 4.79 Å². The van der Waals surface area contributed by atoms with Crippen LogP contribution < -0.4 is 4.74 Å². The number of aromatic amines is 1. The number of nitrogens with zero attached hydrogens (tertiary/aromatic N) is 1. The van der Waals surface area contributed by atoms with Crippen molar-refractivity contribution in [2.45, 2.75) is 28.5 Å². The highest BCUT2D eigenvalue weighted by Crippen LogP contribution is 2.50. The van der Waals surface area contributed by atoms with E-state index in [1.54, 1.807) is 12.0 Å². The number of halogens is 4. The third kappa shape index (κ3) is 4.32. The van der Waals surface area contributed by atoms with Crippen molar-refractivity contribution in [2.75, 3.05) is 26.8 Å². The highest BCUT2D eigenvalue weighted by Gasteiger charge is 2.49. The van der Waals surface area contributed by atoms with Crippen LogP contribution in [0.15, 0.2) is 42.5 Å². The molecule has 9 heteroatoms. The molecule has 1 amide bonds. The van der Waals surface area contributed by atoms with Crippen LogP contribution in [0.25, 0.3) is 10.9 Å². The Morgan fingerprint density at radius 3 is 2.79 bits per heavy atom. The lowest BCUT2D eigenvalue weighted by molar-refractivity contribution is 0.0539. The number of para-hydroxylation sites is 1. The number of benzene rings is 2. The first-order valence-corrected chi connectivity index (χ1v) is 12.6. The van der Waals surface area contributed by atoms with Gasteiger partial charge in [-0.15, -0.1) is 0 Å². The molecule has 0 spiro atoms. The van der Waals surface area contributed by atoms with Gasteiger partial charge in [-0.2, -0.15) is 0 Å². The van der Waals surface area contributed by atoms with Gasteiger partial charge in [0.1, 0.15) is 12.4 Å². The minimum absolute atomic E-state index is 0.166. The molecule has 0 radical (unpaired) electrons. The van der Waals surface area contributed by atoms with Crippen LogP contribution in [0.2, 0.25) is 5.02 Å². The molecule has 3 aromatic rings. The second-order valence-electron chi connectivity index (χ2n) is 9.08. The maximum atomic E-state index is 12.8. The van der Waals surface area contributed by atoms with Gasteiger partial charge in [-0.25, -0.2) is 4.79 Å². The van der Waals surface area contributed by atoms with E-state index in [4.69, 9.17) is 55.9 Å². The van der Waals surface area contributed by atoms with Crippen molar-refractivity contribution in [3.8, 4) is 5.75 Å². The second kappa shape index (κ2) is 9.02. The van der Waals surface area contributed by atoms with Gasteiger partial charge in [0.05, 0.1) is 17.6 Å². The van der Waals surface area contributed by atoms with Crippen molar-refractivity contribution in [1.82, 2.24) is 9.88 Å². The largest absolute Gasteiger partial charge is 0.497 e. The topological polar surface area (TPSA) is 54.6 Å². The summed E-state index contributed by atoms with van der Waals surface area (Å²) >= 11 is 23.8. The number of likely N-dealkylation sites (tertiary alicyclic amines) is 1. The van der Waals surface area contributed by atoms with E-state index in [1.807, 2.05) is 24.3 Å². The number of hydrogen-bond acceptors (Lipinski definition) is 3. The van der Waals surface area contributed by atoms with Crippen molar-refractivity contribution >= 4 is 63.4 Å². The van der Waals surface area contributed by atoms with Crippen LogP contribution in [0.1, 0.15) is 23.2 Å². The predicted octanol–water partition coefficient (Wildman–Crippen LogP) is 6.70. The standard InChI is InChI=1S/C25H24Cl4N2O3/c1-33-17-5-2-4-15(10-17)24-8-9-31(23(32)34-14-25(27,28)29)13-16(24)11-19-18-6-3-7-20(26)22(18)30-21(19)12-24/h2-7,10,16,30H,8-9,11-14H2,1H3. The number of alkyl halides is 3. The molecule has 1 aromatic heterocycles. The van der Waals surface area contributed by atoms with E-state index >= 15 is 0 Å². The molecule has 2 unspecified atom stereocenters. The third-order valence-electron chi connectivity index (χ3n) is 7.23. The molecule has 5 nitrogen and oxygen atoms in total. The maximum absolute atomic E-state index is 12.8. The monoisotopic (exact) mass is 540 g/mol. The lowest BCUT2D eigenvalue weighted by Gasteiger charge is -2.50. The molecule has 2 aromatic carbocycles. The quantitative estimate of drug-likeness (QED) is 0.375. The summed E-state index contributed by atoms with van der Waals surface area (Å²) in [6.45, 7) is 0.801. The average Bonchev–Trinajstić information content (AvgIpc) is 3.18. The fourth-order valence-corrected chi connectivity index (χ4v) is 6.00. The first-order chi connectivity index (χ1) is 16.2. The van der Waals surface area contributed by atoms with Gasteiger partial charge in [-0.1, -0.05) is 70.7 Å². The SMILES string of the molecule is COc1cccc(C23CCN(C(=O)OCC(Cl)(Cl)Cl)CC2Cc2c([nH]c4c(Cl)cccc24)C3)c1. The molecule has 0 saturated carbocycles. The molecule has 1 aliphatic carbocycles. The van der Waals surface area contributed by atoms with Gasteiger partial charge >= 0.3 is 6.09 Å². The molecule has 2 heterocycles. The molecule has 180 valence electrons. The lowest BCUT2D eigenvalue weighted by atomic mass is 9.59. The number of carbonyl (C=O) groups excluding carboxylic acids is 1. The Kier molecular flexibility index (Phi) is 6.34. The van der Waals surface area contributed by atoms with Crippen LogP contribution in [0.3, 0.4) is 0 Å². The maximum Gasteiger partial charge on any atom is 0.409 e. The summed E-state index contributed by atoms with van der Waals surface area (Å²) < 4.78 is 9.18. The molecule has 2 atom stereocenters. The minimum atomic E-state index is -1.64. The number of amides is 1. The number of carbonyl (C=O) groups is 1. The number of aromatic nitrogens is 1. The zero-order valence-electron chi connectivity index (χ0n) is 18.5. The van der Waals surface area contributed by atoms with Crippen LogP contribution in [0.4, 0.5) is 4.79 Å². The van der Waals surface area contributed by atoms with Crippen molar-refractivity contribution in [1.29, 1.82) is 0 Å². The first-order valence-electron chi connectivity index (χ1n) is 11.1. The van der Waals surface area contributed by atoms with Crippen LogP contribution in [-0.4, -0.2) is 46.6 Å². The summed E-state index contributed by atoms with van der Waals surface area (Å²) in [5.41, 5.74) is 4.47. The van der Waals surface area contributed by atoms with Gasteiger partial charge in [0.2, 0.25) is 3.79 Å². The van der Waals surface area contributed by atoms with E-state index in [1.165, 1.54) is 16.8 Å². The Bertz CT molecular complexity index is 1240. The normalized spacial score (nSPS) is 22.3. The molecule has 1 saturated heterocycles. The Balaban J connectivity index is 1.53. The Morgan fingerprint density at radius 1 is 1.24 bits per heavy atom. The minimum Gasteiger partial charge on any atom is -0.497 e. The number of H-pyrrole nitrogens is 1. The van der Waals surface area contributed by atoms with Gasteiger partial charge in [0, 0.05) is 29.6 Å². The van der Waals surface area contributed by atoms with Gasteiger partial charge in [0.15, 0.2) is 0 Å². The van der Waals surface area contributed by atoms with E-state index in [0.717, 1.165) is 35.9 Å². The highest BCUT2D eigenvalue weighted by atomic mass is 35.6. The van der Waals surface area contributed by atoms with Crippen LogP contribution in [-0.2, 0) is 23.0 Å². The highest BCUT2D eigenvalue weighted by molar-refractivity contribution is 6.67. The molecule has 1 fully saturated rings. The van der Waals surface area contributed by atoms with E-state index in [0.29, 0.717) is 18.1 Å². The number of ether oxygens (including phenoxy) is 2. The number of hydrogen-bond donors (Lipinski definition) is 1. The second-order valence-corrected chi connectivity index (χ2v) is 12.0. The number of piperidine rings is 1. The molecule has 1 N–H and O–H groups in total. The van der Waals surface area contributed by atoms with Gasteiger partial charge in [0.25, 0.3) is 0 Å². The molecule has 5 rings (SSSR count). The van der Waals surface area contributed by atoms with Crippen molar-refractivity contribution < 1.29 is 14.3 Å². The summed E-state index contributed by atoms with van der Waals surface area (Å²) in [6, 6.07) is 14.2. The summed E-state index contributed by atoms with van der Waals surface area (Å²) in [7, 11) is 1.68. The number of methoxy groups -OCH3 is 1. The molecule has 2 aliphatic rings. The van der Waals surface area contributed by atoms with Crippen LogP contribution in [0, 0.1) is 5.92 Å². The number of rotatable bonds is 3. The Hall–Kier alpha value is -1.79. The lowest BCUT2D eigenvalue weighted by Crippen LogP contribution is -2.55. The summed E-state index contributed by atoms with van der Waals surface area (Å²) in [5.74, 6) is 0.986. The van der Waals surface area contributed by atoms with Crippen LogP contribution in [0.5, 0.6) is 5.75 Å². The third-order valence-corrected chi connectivity index (χ3v) is 7.88. The van der Waals surface area contributed by atoms with Crippen molar-refractivity contribution in [3.05, 3.63) is 64.3 Å². The first kappa shape index (κ1) is 23.9. The zero-order valence-corrected chi connectivity index (χ0v) is 21.6. The fraction of sp³-hybridized carbons (Fsp3) is 0.400. The summed E-state index contributed by atoms with van der Waals surface area (Å²) in [5, 5.41) is 1.85. The molecule has 1 aliphatic heterocycles. The predicted molar refractivity (Wildman–Crippen MR) is 137 cm³/mol. The van der Waals surface area contributed by atoms with E-state index in [2.05, 4.69) is 23.2 Å². The summed E-state index contributed by atoms with van der Waals surface area (Å²) in [6.07, 6.45) is 1.94. The summed E-state index contributed by atoms with van der Waals surface area (Å²) in [4.78, 5) is 18.1.